The molecule has 1 aromatic rings. The van der Waals surface area contributed by atoms with Crippen LogP contribution in [0.3, 0.4) is 0 Å². The summed E-state index contributed by atoms with van der Waals surface area (Å²) in [5.74, 6) is 1.87. The lowest BCUT2D eigenvalue weighted by Gasteiger charge is -2.30. The second kappa shape index (κ2) is 5.70. The van der Waals surface area contributed by atoms with E-state index in [4.69, 9.17) is 5.73 Å². The van der Waals surface area contributed by atoms with E-state index in [0.717, 1.165) is 13.0 Å². The van der Waals surface area contributed by atoms with E-state index in [1.165, 1.54) is 29.8 Å². The molecule has 0 aromatic carbocycles. The Morgan fingerprint density at radius 2 is 2.28 bits per heavy atom. The van der Waals surface area contributed by atoms with Crippen molar-refractivity contribution in [1.82, 2.24) is 4.98 Å². The number of aryl methyl sites for hydroxylation is 1. The largest absolute Gasteiger partial charge is 0.353 e. The van der Waals surface area contributed by atoms with Crippen molar-refractivity contribution in [1.29, 1.82) is 0 Å². The highest BCUT2D eigenvalue weighted by atomic mass is 15.2. The number of pyridine rings is 1. The lowest BCUT2D eigenvalue weighted by Crippen LogP contribution is -2.34. The average molecular weight is 247 g/mol. The van der Waals surface area contributed by atoms with Crippen LogP contribution in [0, 0.1) is 12.8 Å². The van der Waals surface area contributed by atoms with Gasteiger partial charge in [0.2, 0.25) is 0 Å². The fourth-order valence-corrected chi connectivity index (χ4v) is 2.98. The van der Waals surface area contributed by atoms with Crippen molar-refractivity contribution in [2.75, 3.05) is 18.0 Å². The van der Waals surface area contributed by atoms with Crippen LogP contribution < -0.4 is 10.6 Å². The van der Waals surface area contributed by atoms with Crippen LogP contribution in [0.5, 0.6) is 0 Å². The van der Waals surface area contributed by atoms with Crippen LogP contribution >= 0.6 is 0 Å². The van der Waals surface area contributed by atoms with Crippen molar-refractivity contribution >= 4 is 5.82 Å². The molecule has 0 bridgehead atoms. The molecule has 1 aliphatic heterocycles. The Kier molecular flexibility index (Phi) is 4.23. The van der Waals surface area contributed by atoms with E-state index in [0.29, 0.717) is 18.5 Å². The zero-order chi connectivity index (χ0) is 13.1. The molecule has 1 atom stereocenters. The number of rotatable bonds is 4. The van der Waals surface area contributed by atoms with E-state index in [1.807, 2.05) is 6.20 Å². The first-order chi connectivity index (χ1) is 8.63. The second-order valence-corrected chi connectivity index (χ2v) is 5.67. The van der Waals surface area contributed by atoms with Crippen LogP contribution in [0.25, 0.3) is 0 Å². The van der Waals surface area contributed by atoms with E-state index in [-0.39, 0.29) is 0 Å². The van der Waals surface area contributed by atoms with Gasteiger partial charge >= 0.3 is 0 Å². The van der Waals surface area contributed by atoms with Gasteiger partial charge in [0.15, 0.2) is 0 Å². The summed E-state index contributed by atoms with van der Waals surface area (Å²) in [6, 6.07) is 2.89. The molecule has 0 amide bonds. The summed E-state index contributed by atoms with van der Waals surface area (Å²) in [7, 11) is 0. The van der Waals surface area contributed by atoms with Crippen LogP contribution in [0.15, 0.2) is 12.3 Å². The van der Waals surface area contributed by atoms with Gasteiger partial charge in [-0.05, 0) is 49.8 Å². The molecule has 1 saturated heterocycles. The van der Waals surface area contributed by atoms with Crippen LogP contribution in [-0.4, -0.2) is 24.1 Å². The van der Waals surface area contributed by atoms with Gasteiger partial charge in [-0.2, -0.15) is 0 Å². The second-order valence-electron chi connectivity index (χ2n) is 5.67. The van der Waals surface area contributed by atoms with Crippen molar-refractivity contribution in [3.63, 3.8) is 0 Å². The molecule has 1 unspecified atom stereocenters. The number of nitrogens with two attached hydrogens (primary N) is 1. The molecule has 2 heterocycles. The third-order valence-corrected chi connectivity index (χ3v) is 3.88. The molecule has 18 heavy (non-hydrogen) atoms. The molecular formula is C15H25N3. The van der Waals surface area contributed by atoms with Gasteiger partial charge in [-0.25, -0.2) is 4.98 Å². The molecule has 0 radical (unpaired) electrons. The van der Waals surface area contributed by atoms with Gasteiger partial charge in [-0.3, -0.25) is 0 Å². The maximum Gasteiger partial charge on any atom is 0.131 e. The maximum atomic E-state index is 5.59. The Bertz CT molecular complexity index is 401. The van der Waals surface area contributed by atoms with Gasteiger partial charge in [0.1, 0.15) is 5.82 Å². The van der Waals surface area contributed by atoms with Crippen molar-refractivity contribution in [3.8, 4) is 0 Å². The monoisotopic (exact) mass is 247 g/mol. The Morgan fingerprint density at radius 1 is 1.50 bits per heavy atom. The molecule has 0 saturated carbocycles. The zero-order valence-corrected chi connectivity index (χ0v) is 11.8. The molecule has 100 valence electrons. The fourth-order valence-electron chi connectivity index (χ4n) is 2.98. The molecule has 2 rings (SSSR count). The Hall–Kier alpha value is -1.09. The van der Waals surface area contributed by atoms with Gasteiger partial charge in [-0.1, -0.05) is 19.9 Å². The molecule has 1 aliphatic rings. The quantitative estimate of drug-likeness (QED) is 0.889. The van der Waals surface area contributed by atoms with Gasteiger partial charge < -0.3 is 10.6 Å². The van der Waals surface area contributed by atoms with Crippen molar-refractivity contribution in [2.24, 2.45) is 11.7 Å². The molecule has 1 aromatic heterocycles. The summed E-state index contributed by atoms with van der Waals surface area (Å²) >= 11 is 0. The Balaban J connectivity index is 2.22. The standard InChI is InChI=1S/C15H25N3/c1-11(2)14-5-4-8-18(14)15-12(3)9-13(6-7-16)10-17-15/h9-11,14H,4-8,16H2,1-3H3. The number of nitrogens with zero attached hydrogens (tertiary/aromatic N) is 2. The van der Waals surface area contributed by atoms with E-state index < -0.39 is 0 Å². The normalized spacial score (nSPS) is 19.8. The highest BCUT2D eigenvalue weighted by molar-refractivity contribution is 5.49. The molecule has 2 N–H and O–H groups in total. The fraction of sp³-hybridized carbons (Fsp3) is 0.667. The summed E-state index contributed by atoms with van der Waals surface area (Å²) in [6.45, 7) is 8.62. The number of aromatic nitrogens is 1. The first kappa shape index (κ1) is 13.3. The Labute approximate surface area is 110 Å². The first-order valence-corrected chi connectivity index (χ1v) is 7.05. The van der Waals surface area contributed by atoms with E-state index in [1.54, 1.807) is 0 Å². The average Bonchev–Trinajstić information content (AvgIpc) is 2.78. The third-order valence-electron chi connectivity index (χ3n) is 3.88. The zero-order valence-electron chi connectivity index (χ0n) is 11.8. The van der Waals surface area contributed by atoms with Gasteiger partial charge in [0, 0.05) is 18.8 Å². The molecule has 3 nitrogen and oxygen atoms in total. The van der Waals surface area contributed by atoms with Crippen molar-refractivity contribution in [2.45, 2.75) is 46.1 Å². The first-order valence-electron chi connectivity index (χ1n) is 7.05. The van der Waals surface area contributed by atoms with Crippen LogP contribution in [0.2, 0.25) is 0 Å². The van der Waals surface area contributed by atoms with Crippen LogP contribution in [-0.2, 0) is 6.42 Å². The SMILES string of the molecule is Cc1cc(CCN)cnc1N1CCCC1C(C)C. The highest BCUT2D eigenvalue weighted by Crippen LogP contribution is 2.30. The van der Waals surface area contributed by atoms with E-state index >= 15 is 0 Å². The predicted molar refractivity (Wildman–Crippen MR) is 76.9 cm³/mol. The predicted octanol–water partition coefficient (Wildman–Crippen LogP) is 2.52. The van der Waals surface area contributed by atoms with E-state index in [9.17, 15) is 0 Å². The summed E-state index contributed by atoms with van der Waals surface area (Å²) in [5, 5.41) is 0. The van der Waals surface area contributed by atoms with Crippen molar-refractivity contribution < 1.29 is 0 Å². The number of anilines is 1. The van der Waals surface area contributed by atoms with Crippen LogP contribution in [0.1, 0.15) is 37.8 Å². The van der Waals surface area contributed by atoms with Gasteiger partial charge in [-0.15, -0.1) is 0 Å². The molecule has 0 aliphatic carbocycles. The third kappa shape index (κ3) is 2.66. The summed E-state index contributed by atoms with van der Waals surface area (Å²) in [4.78, 5) is 7.17. The summed E-state index contributed by atoms with van der Waals surface area (Å²) in [5.41, 5.74) is 8.13. The lowest BCUT2D eigenvalue weighted by atomic mass is 10.0. The summed E-state index contributed by atoms with van der Waals surface area (Å²) < 4.78 is 0. The number of hydrogen-bond donors (Lipinski definition) is 1. The summed E-state index contributed by atoms with van der Waals surface area (Å²) in [6.07, 6.45) is 5.49. The van der Waals surface area contributed by atoms with E-state index in [2.05, 4.69) is 36.7 Å². The maximum absolute atomic E-state index is 5.59. The minimum absolute atomic E-state index is 0.650. The molecule has 3 heteroatoms. The minimum atomic E-state index is 0.650. The van der Waals surface area contributed by atoms with Crippen LogP contribution in [0.4, 0.5) is 5.82 Å². The Morgan fingerprint density at radius 3 is 2.89 bits per heavy atom. The molecular weight excluding hydrogens is 222 g/mol. The smallest absolute Gasteiger partial charge is 0.131 e. The minimum Gasteiger partial charge on any atom is -0.353 e. The molecule has 1 fully saturated rings. The number of hydrogen-bond acceptors (Lipinski definition) is 3. The van der Waals surface area contributed by atoms with Gasteiger partial charge in [0.25, 0.3) is 0 Å². The van der Waals surface area contributed by atoms with Gasteiger partial charge in [0.05, 0.1) is 0 Å². The molecule has 0 spiro atoms. The topological polar surface area (TPSA) is 42.1 Å². The highest BCUT2D eigenvalue weighted by Gasteiger charge is 2.28. The van der Waals surface area contributed by atoms with Crippen molar-refractivity contribution in [3.05, 3.63) is 23.4 Å². The lowest BCUT2D eigenvalue weighted by molar-refractivity contribution is 0.489.